The fraction of sp³-hybridized carbons (Fsp3) is 0.167. The van der Waals surface area contributed by atoms with Gasteiger partial charge in [-0.15, -0.1) is 0 Å². The molecule has 0 spiro atoms. The van der Waals surface area contributed by atoms with Gasteiger partial charge in [-0.3, -0.25) is 9.78 Å². The Morgan fingerprint density at radius 1 is 1.28 bits per heavy atom. The van der Waals surface area contributed by atoms with Gasteiger partial charge in [0, 0.05) is 19.4 Å². The van der Waals surface area contributed by atoms with Crippen LogP contribution in [0, 0.1) is 25.2 Å². The topological polar surface area (TPSA) is 87.7 Å². The minimum atomic E-state index is -0.178. The summed E-state index contributed by atoms with van der Waals surface area (Å²) in [5, 5.41) is 13.3. The molecule has 0 aliphatic heterocycles. The van der Waals surface area contributed by atoms with E-state index in [2.05, 4.69) is 21.1 Å². The number of rotatable bonds is 3. The highest BCUT2D eigenvalue weighted by atomic mass is 16.2. The maximum absolute atomic E-state index is 12.8. The summed E-state index contributed by atoms with van der Waals surface area (Å²) in [7, 11) is 1.70. The van der Waals surface area contributed by atoms with Gasteiger partial charge in [-0.1, -0.05) is 0 Å². The molecule has 0 radical (unpaired) electrons. The lowest BCUT2D eigenvalue weighted by atomic mass is 10.2. The number of amides is 1. The Balaban J connectivity index is 1.97. The molecule has 3 aromatic heterocycles. The van der Waals surface area contributed by atoms with E-state index in [1.54, 1.807) is 36.3 Å². The minimum Gasteiger partial charge on any atom is -0.310 e. The van der Waals surface area contributed by atoms with Gasteiger partial charge in [0.1, 0.15) is 6.07 Å². The number of aromatic nitrogens is 4. The van der Waals surface area contributed by atoms with Crippen LogP contribution in [0.3, 0.4) is 0 Å². The highest BCUT2D eigenvalue weighted by molar-refractivity contribution is 6.06. The monoisotopic (exact) mass is 332 g/mol. The minimum absolute atomic E-state index is 0.178. The molecule has 7 nitrogen and oxygen atoms in total. The molecule has 0 fully saturated rings. The van der Waals surface area contributed by atoms with Crippen LogP contribution in [0.25, 0.3) is 5.82 Å². The number of nitrogens with zero attached hydrogens (tertiary/aromatic N) is 6. The number of nitriles is 1. The predicted octanol–water partition coefficient (Wildman–Crippen LogP) is 2.43. The van der Waals surface area contributed by atoms with Crippen molar-refractivity contribution in [3.8, 4) is 11.9 Å². The zero-order chi connectivity index (χ0) is 18.0. The van der Waals surface area contributed by atoms with Crippen molar-refractivity contribution in [1.82, 2.24) is 19.7 Å². The standard InChI is InChI=1S/C18H16N6O/c1-12-7-14(8-19)9-21-17(12)24-13(2)16(11-22-24)18(25)23(3)15-5-4-6-20-10-15/h4-7,9-11H,1-3H3. The summed E-state index contributed by atoms with van der Waals surface area (Å²) in [5.41, 5.74) is 3.16. The van der Waals surface area contributed by atoms with Gasteiger partial charge in [-0.25, -0.2) is 9.67 Å². The van der Waals surface area contributed by atoms with Gasteiger partial charge >= 0.3 is 0 Å². The Bertz CT molecular complexity index is 971. The van der Waals surface area contributed by atoms with E-state index in [9.17, 15) is 4.79 Å². The molecule has 3 aromatic rings. The van der Waals surface area contributed by atoms with Gasteiger partial charge in [-0.2, -0.15) is 10.4 Å². The van der Waals surface area contributed by atoms with E-state index in [4.69, 9.17) is 5.26 Å². The van der Waals surface area contributed by atoms with Crippen molar-refractivity contribution >= 4 is 11.6 Å². The van der Waals surface area contributed by atoms with Crippen molar-refractivity contribution in [3.05, 3.63) is 65.4 Å². The average Bonchev–Trinajstić information content (AvgIpc) is 3.02. The molecule has 7 heteroatoms. The molecule has 25 heavy (non-hydrogen) atoms. The van der Waals surface area contributed by atoms with Gasteiger partial charge in [0.25, 0.3) is 5.91 Å². The lowest BCUT2D eigenvalue weighted by molar-refractivity contribution is 0.0992. The van der Waals surface area contributed by atoms with Crippen LogP contribution in [-0.2, 0) is 0 Å². The van der Waals surface area contributed by atoms with Gasteiger partial charge in [0.05, 0.1) is 34.9 Å². The number of carbonyl (C=O) groups is 1. The summed E-state index contributed by atoms with van der Waals surface area (Å²) in [4.78, 5) is 22.6. The molecule has 3 rings (SSSR count). The second kappa shape index (κ2) is 6.53. The van der Waals surface area contributed by atoms with Gasteiger partial charge in [-0.05, 0) is 37.6 Å². The Morgan fingerprint density at radius 2 is 2.08 bits per heavy atom. The van der Waals surface area contributed by atoms with Crippen LogP contribution >= 0.6 is 0 Å². The largest absolute Gasteiger partial charge is 0.310 e. The Hall–Kier alpha value is -3.53. The molecule has 0 saturated heterocycles. The molecule has 0 unspecified atom stereocenters. The van der Waals surface area contributed by atoms with Crippen molar-refractivity contribution in [2.75, 3.05) is 11.9 Å². The van der Waals surface area contributed by atoms with Crippen LogP contribution in [-0.4, -0.2) is 32.7 Å². The number of aryl methyl sites for hydroxylation is 1. The van der Waals surface area contributed by atoms with Gasteiger partial charge in [0.15, 0.2) is 5.82 Å². The second-order valence-electron chi connectivity index (χ2n) is 5.61. The third-order valence-corrected chi connectivity index (χ3v) is 3.96. The molecule has 0 atom stereocenters. The van der Waals surface area contributed by atoms with Crippen LogP contribution in [0.15, 0.2) is 43.0 Å². The van der Waals surface area contributed by atoms with Crippen LogP contribution < -0.4 is 4.90 Å². The predicted molar refractivity (Wildman–Crippen MR) is 92.5 cm³/mol. The highest BCUT2D eigenvalue weighted by Crippen LogP contribution is 2.19. The summed E-state index contributed by atoms with van der Waals surface area (Å²) in [6, 6.07) is 7.40. The van der Waals surface area contributed by atoms with Crippen LogP contribution in [0.4, 0.5) is 5.69 Å². The van der Waals surface area contributed by atoms with Gasteiger partial charge < -0.3 is 4.90 Å². The maximum Gasteiger partial charge on any atom is 0.261 e. The first-order valence-electron chi connectivity index (χ1n) is 7.62. The first kappa shape index (κ1) is 16.3. The molecule has 0 saturated carbocycles. The molecule has 0 aliphatic carbocycles. The summed E-state index contributed by atoms with van der Waals surface area (Å²) >= 11 is 0. The first-order chi connectivity index (χ1) is 12.0. The SMILES string of the molecule is Cc1cc(C#N)cnc1-n1ncc(C(=O)N(C)c2cccnc2)c1C. The van der Waals surface area contributed by atoms with E-state index in [1.807, 2.05) is 19.9 Å². The summed E-state index contributed by atoms with van der Waals surface area (Å²) in [6.45, 7) is 3.67. The van der Waals surface area contributed by atoms with E-state index in [0.717, 1.165) is 5.56 Å². The fourth-order valence-corrected chi connectivity index (χ4v) is 2.53. The highest BCUT2D eigenvalue weighted by Gasteiger charge is 2.21. The van der Waals surface area contributed by atoms with E-state index in [0.29, 0.717) is 28.3 Å². The molecular weight excluding hydrogens is 316 g/mol. The smallest absolute Gasteiger partial charge is 0.261 e. The summed E-state index contributed by atoms with van der Waals surface area (Å²) in [6.07, 6.45) is 6.31. The van der Waals surface area contributed by atoms with Crippen LogP contribution in [0.2, 0.25) is 0 Å². The van der Waals surface area contributed by atoms with Gasteiger partial charge in [0.2, 0.25) is 0 Å². The number of carbonyl (C=O) groups excluding carboxylic acids is 1. The molecule has 1 amide bonds. The number of anilines is 1. The van der Waals surface area contributed by atoms with Crippen molar-refractivity contribution in [2.24, 2.45) is 0 Å². The molecule has 124 valence electrons. The average molecular weight is 332 g/mol. The first-order valence-corrected chi connectivity index (χ1v) is 7.62. The molecule has 0 aliphatic rings. The van der Waals surface area contributed by atoms with Crippen molar-refractivity contribution in [1.29, 1.82) is 5.26 Å². The quantitative estimate of drug-likeness (QED) is 0.735. The Morgan fingerprint density at radius 3 is 2.72 bits per heavy atom. The van der Waals surface area contributed by atoms with Crippen LogP contribution in [0.1, 0.15) is 27.2 Å². The normalized spacial score (nSPS) is 10.3. The van der Waals surface area contributed by atoms with Crippen molar-refractivity contribution < 1.29 is 4.79 Å². The third-order valence-electron chi connectivity index (χ3n) is 3.96. The fourth-order valence-electron chi connectivity index (χ4n) is 2.53. The Labute approximate surface area is 145 Å². The molecule has 0 aromatic carbocycles. The Kier molecular flexibility index (Phi) is 4.27. The second-order valence-corrected chi connectivity index (χ2v) is 5.61. The van der Waals surface area contributed by atoms with E-state index < -0.39 is 0 Å². The summed E-state index contributed by atoms with van der Waals surface area (Å²) < 4.78 is 1.61. The van der Waals surface area contributed by atoms with Crippen LogP contribution in [0.5, 0.6) is 0 Å². The van der Waals surface area contributed by atoms with E-state index in [-0.39, 0.29) is 5.91 Å². The van der Waals surface area contributed by atoms with Crippen molar-refractivity contribution in [2.45, 2.75) is 13.8 Å². The maximum atomic E-state index is 12.8. The molecule has 0 N–H and O–H groups in total. The van der Waals surface area contributed by atoms with E-state index >= 15 is 0 Å². The lowest BCUT2D eigenvalue weighted by Gasteiger charge is -2.16. The molecular formula is C18H16N6O. The zero-order valence-electron chi connectivity index (χ0n) is 14.1. The van der Waals surface area contributed by atoms with E-state index in [1.165, 1.54) is 17.3 Å². The summed E-state index contributed by atoms with van der Waals surface area (Å²) in [5.74, 6) is 0.419. The number of hydrogen-bond donors (Lipinski definition) is 0. The molecule has 0 bridgehead atoms. The number of pyridine rings is 2. The molecule has 3 heterocycles. The lowest BCUT2D eigenvalue weighted by Crippen LogP contribution is -2.26. The third kappa shape index (κ3) is 2.97. The zero-order valence-corrected chi connectivity index (χ0v) is 14.1. The number of hydrogen-bond acceptors (Lipinski definition) is 5. The van der Waals surface area contributed by atoms with Crippen molar-refractivity contribution in [3.63, 3.8) is 0 Å².